The van der Waals surface area contributed by atoms with E-state index in [1.54, 1.807) is 32.2 Å². The summed E-state index contributed by atoms with van der Waals surface area (Å²) >= 11 is 0. The molecule has 0 spiro atoms. The molecule has 1 atom stereocenters. The van der Waals surface area contributed by atoms with Gasteiger partial charge in [-0.3, -0.25) is 9.89 Å². The molecule has 25 heavy (non-hydrogen) atoms. The van der Waals surface area contributed by atoms with Crippen LogP contribution in [0.15, 0.2) is 41.7 Å². The van der Waals surface area contributed by atoms with Crippen molar-refractivity contribution in [1.82, 2.24) is 15.5 Å². The number of halogens is 1. The van der Waals surface area contributed by atoms with Gasteiger partial charge in [-0.1, -0.05) is 0 Å². The standard InChI is InChI=1S/C18H16FN3O3/c1-18(2)16-14(17(24)25-18)11(7-13(23)21-16)12-8-20-22-15(12)9-3-5-10(19)6-4-9/h3-6,8,11H,7H2,1-2H3,(H,20,22)(H,21,23). The number of aromatic amines is 1. The zero-order valence-electron chi connectivity index (χ0n) is 13.7. The summed E-state index contributed by atoms with van der Waals surface area (Å²) < 4.78 is 18.6. The predicted octanol–water partition coefficient (Wildman–Crippen LogP) is 2.41. The quantitative estimate of drug-likeness (QED) is 0.822. The first-order chi connectivity index (χ1) is 11.9. The van der Waals surface area contributed by atoms with Gasteiger partial charge in [0.15, 0.2) is 0 Å². The Morgan fingerprint density at radius 3 is 2.68 bits per heavy atom. The van der Waals surface area contributed by atoms with E-state index in [0.717, 1.165) is 5.56 Å². The van der Waals surface area contributed by atoms with Crippen molar-refractivity contribution in [1.29, 1.82) is 0 Å². The van der Waals surface area contributed by atoms with Crippen molar-refractivity contribution in [2.24, 2.45) is 0 Å². The normalized spacial score (nSPS) is 21.8. The smallest absolute Gasteiger partial charge is 0.337 e. The number of esters is 1. The highest BCUT2D eigenvalue weighted by Gasteiger charge is 2.48. The van der Waals surface area contributed by atoms with Crippen LogP contribution in [0.4, 0.5) is 4.39 Å². The molecule has 2 aliphatic heterocycles. The first kappa shape index (κ1) is 15.6. The lowest BCUT2D eigenvalue weighted by molar-refractivity contribution is -0.144. The van der Waals surface area contributed by atoms with Crippen LogP contribution in [0.25, 0.3) is 11.3 Å². The Morgan fingerprint density at radius 1 is 1.24 bits per heavy atom. The van der Waals surface area contributed by atoms with Gasteiger partial charge in [0.1, 0.15) is 11.4 Å². The van der Waals surface area contributed by atoms with E-state index in [9.17, 15) is 14.0 Å². The van der Waals surface area contributed by atoms with E-state index in [1.165, 1.54) is 12.1 Å². The highest BCUT2D eigenvalue weighted by atomic mass is 19.1. The lowest BCUT2D eigenvalue weighted by Gasteiger charge is -2.26. The summed E-state index contributed by atoms with van der Waals surface area (Å²) in [6, 6.07) is 5.96. The van der Waals surface area contributed by atoms with Crippen LogP contribution < -0.4 is 5.32 Å². The Morgan fingerprint density at radius 2 is 1.96 bits per heavy atom. The van der Waals surface area contributed by atoms with E-state index in [4.69, 9.17) is 4.74 Å². The molecule has 0 saturated heterocycles. The van der Waals surface area contributed by atoms with Gasteiger partial charge in [-0.25, -0.2) is 9.18 Å². The van der Waals surface area contributed by atoms with Gasteiger partial charge in [-0.05, 0) is 38.1 Å². The number of nitrogens with one attached hydrogen (secondary N) is 2. The summed E-state index contributed by atoms with van der Waals surface area (Å²) in [7, 11) is 0. The third-order valence-electron chi connectivity index (χ3n) is 4.62. The summed E-state index contributed by atoms with van der Waals surface area (Å²) in [4.78, 5) is 24.6. The first-order valence-corrected chi connectivity index (χ1v) is 7.94. The second-order valence-corrected chi connectivity index (χ2v) is 6.70. The molecule has 1 amide bonds. The number of hydrogen-bond donors (Lipinski definition) is 2. The van der Waals surface area contributed by atoms with Gasteiger partial charge in [0.05, 0.1) is 23.2 Å². The average molecular weight is 341 g/mol. The summed E-state index contributed by atoms with van der Waals surface area (Å²) in [6.07, 6.45) is 1.73. The van der Waals surface area contributed by atoms with Gasteiger partial charge >= 0.3 is 5.97 Å². The molecule has 3 heterocycles. The Kier molecular flexibility index (Phi) is 3.28. The first-order valence-electron chi connectivity index (χ1n) is 7.94. The number of aromatic nitrogens is 2. The molecule has 4 rings (SSSR count). The molecular formula is C18H16FN3O3. The third kappa shape index (κ3) is 2.43. The van der Waals surface area contributed by atoms with Crippen LogP contribution in [0.1, 0.15) is 31.7 Å². The van der Waals surface area contributed by atoms with Crippen LogP contribution in [0.3, 0.4) is 0 Å². The number of amides is 1. The molecule has 1 aromatic carbocycles. The minimum atomic E-state index is -0.874. The van der Waals surface area contributed by atoms with Crippen molar-refractivity contribution >= 4 is 11.9 Å². The van der Waals surface area contributed by atoms with Gasteiger partial charge in [0.2, 0.25) is 5.91 Å². The molecule has 7 heteroatoms. The summed E-state index contributed by atoms with van der Waals surface area (Å²) in [6.45, 7) is 3.48. The number of cyclic esters (lactones) is 1. The monoisotopic (exact) mass is 341 g/mol. The Balaban J connectivity index is 1.84. The highest BCUT2D eigenvalue weighted by molar-refractivity contribution is 5.99. The Labute approximate surface area is 143 Å². The fourth-order valence-electron chi connectivity index (χ4n) is 3.45. The molecule has 0 fully saturated rings. The Bertz CT molecular complexity index is 912. The number of carbonyl (C=O) groups is 2. The number of hydrogen-bond acceptors (Lipinski definition) is 4. The maximum absolute atomic E-state index is 13.2. The molecular weight excluding hydrogens is 325 g/mol. The summed E-state index contributed by atoms with van der Waals surface area (Å²) in [5.41, 5.74) is 2.18. The predicted molar refractivity (Wildman–Crippen MR) is 86.7 cm³/mol. The van der Waals surface area contributed by atoms with Crippen molar-refractivity contribution in [3.63, 3.8) is 0 Å². The Hall–Kier alpha value is -2.96. The second-order valence-electron chi connectivity index (χ2n) is 6.70. The van der Waals surface area contributed by atoms with Crippen molar-refractivity contribution in [3.8, 4) is 11.3 Å². The topological polar surface area (TPSA) is 84.1 Å². The molecule has 0 radical (unpaired) electrons. The second kappa shape index (κ2) is 5.27. The minimum absolute atomic E-state index is 0.123. The molecule has 1 aromatic heterocycles. The third-order valence-corrected chi connectivity index (χ3v) is 4.62. The van der Waals surface area contributed by atoms with Gasteiger partial charge in [-0.2, -0.15) is 5.10 Å². The van der Waals surface area contributed by atoms with Crippen molar-refractivity contribution in [3.05, 3.63) is 53.1 Å². The molecule has 0 aliphatic carbocycles. The minimum Gasteiger partial charge on any atom is -0.450 e. The van der Waals surface area contributed by atoms with Crippen LogP contribution in [0.2, 0.25) is 0 Å². The number of carbonyl (C=O) groups excluding carboxylic acids is 2. The van der Waals surface area contributed by atoms with Gasteiger partial charge < -0.3 is 10.1 Å². The highest BCUT2D eigenvalue weighted by Crippen LogP contribution is 2.44. The van der Waals surface area contributed by atoms with Crippen LogP contribution in [0, 0.1) is 5.82 Å². The number of benzene rings is 1. The molecule has 0 bridgehead atoms. The van der Waals surface area contributed by atoms with E-state index in [0.29, 0.717) is 22.5 Å². The van der Waals surface area contributed by atoms with Crippen LogP contribution in [0.5, 0.6) is 0 Å². The van der Waals surface area contributed by atoms with Gasteiger partial charge in [0, 0.05) is 23.5 Å². The fourth-order valence-corrected chi connectivity index (χ4v) is 3.45. The molecule has 1 unspecified atom stereocenters. The number of H-pyrrole nitrogens is 1. The molecule has 2 aliphatic rings. The van der Waals surface area contributed by atoms with E-state index < -0.39 is 17.5 Å². The van der Waals surface area contributed by atoms with E-state index >= 15 is 0 Å². The van der Waals surface area contributed by atoms with Crippen LogP contribution in [-0.2, 0) is 14.3 Å². The number of nitrogens with zero attached hydrogens (tertiary/aromatic N) is 1. The SMILES string of the molecule is CC1(C)OC(=O)C2=C1NC(=O)CC2c1cn[nH]c1-c1ccc(F)cc1. The molecule has 0 saturated carbocycles. The van der Waals surface area contributed by atoms with Gasteiger partial charge in [0.25, 0.3) is 0 Å². The largest absolute Gasteiger partial charge is 0.450 e. The lowest BCUT2D eigenvalue weighted by Crippen LogP contribution is -2.38. The van der Waals surface area contributed by atoms with Gasteiger partial charge in [-0.15, -0.1) is 0 Å². The molecule has 2 aromatic rings. The molecule has 128 valence electrons. The lowest BCUT2D eigenvalue weighted by atomic mass is 9.82. The maximum Gasteiger partial charge on any atom is 0.337 e. The number of rotatable bonds is 2. The zero-order chi connectivity index (χ0) is 17.8. The molecule has 6 nitrogen and oxygen atoms in total. The van der Waals surface area contributed by atoms with Crippen LogP contribution in [-0.4, -0.2) is 27.7 Å². The van der Waals surface area contributed by atoms with E-state index in [-0.39, 0.29) is 18.1 Å². The molecule has 2 N–H and O–H groups in total. The summed E-state index contributed by atoms with van der Waals surface area (Å²) in [5, 5.41) is 9.73. The number of ether oxygens (including phenoxy) is 1. The van der Waals surface area contributed by atoms with Crippen molar-refractivity contribution in [2.75, 3.05) is 0 Å². The van der Waals surface area contributed by atoms with Crippen molar-refractivity contribution in [2.45, 2.75) is 31.8 Å². The zero-order valence-corrected chi connectivity index (χ0v) is 13.7. The summed E-state index contributed by atoms with van der Waals surface area (Å²) in [5.74, 6) is -1.41. The van der Waals surface area contributed by atoms with Crippen molar-refractivity contribution < 1.29 is 18.7 Å². The fraction of sp³-hybridized carbons (Fsp3) is 0.278. The average Bonchev–Trinajstić information content (AvgIpc) is 3.11. The van der Waals surface area contributed by atoms with E-state index in [2.05, 4.69) is 15.5 Å². The van der Waals surface area contributed by atoms with Crippen LogP contribution >= 0.6 is 0 Å². The van der Waals surface area contributed by atoms with E-state index in [1.807, 2.05) is 0 Å². The maximum atomic E-state index is 13.2.